The fraction of sp³-hybridized carbons (Fsp3) is 0.929. The Morgan fingerprint density at radius 1 is 1.19 bits per heavy atom. The molecule has 0 aromatic rings. The quantitative estimate of drug-likeness (QED) is 0.816. The van der Waals surface area contributed by atoms with Crippen molar-refractivity contribution >= 4 is 5.91 Å². The molecule has 21 heavy (non-hydrogen) atoms. The summed E-state index contributed by atoms with van der Waals surface area (Å²) in [5.74, 6) is -1.52. The summed E-state index contributed by atoms with van der Waals surface area (Å²) in [6, 6.07) is -0.738. The van der Waals surface area contributed by atoms with Gasteiger partial charge < -0.3 is 15.3 Å². The van der Waals surface area contributed by atoms with Gasteiger partial charge in [0.15, 0.2) is 0 Å². The Hall–Kier alpha value is -0.820. The van der Waals surface area contributed by atoms with Crippen LogP contribution in [0.15, 0.2) is 0 Å². The molecule has 2 heterocycles. The molecule has 0 aromatic heterocycles. The van der Waals surface area contributed by atoms with Crippen molar-refractivity contribution in [2.45, 2.75) is 56.8 Å². The smallest absolute Gasteiger partial charge is 0.393 e. The van der Waals surface area contributed by atoms with Crippen LogP contribution >= 0.6 is 0 Å². The number of piperidine rings is 1. The van der Waals surface area contributed by atoms with Gasteiger partial charge in [0.25, 0.3) is 0 Å². The van der Waals surface area contributed by atoms with Crippen molar-refractivity contribution in [2.24, 2.45) is 5.92 Å². The van der Waals surface area contributed by atoms with E-state index in [1.165, 1.54) is 0 Å². The largest absolute Gasteiger partial charge is 0.394 e. The Morgan fingerprint density at radius 2 is 1.95 bits per heavy atom. The average Bonchev–Trinajstić information content (AvgIpc) is 2.70. The second kappa shape index (κ2) is 6.96. The maximum Gasteiger partial charge on any atom is 0.393 e. The van der Waals surface area contributed by atoms with Gasteiger partial charge in [-0.3, -0.25) is 4.79 Å². The molecule has 3 unspecified atom stereocenters. The average molecular weight is 308 g/mol. The van der Waals surface area contributed by atoms with Crippen LogP contribution in [0.3, 0.4) is 0 Å². The zero-order valence-electron chi connectivity index (χ0n) is 12.0. The van der Waals surface area contributed by atoms with Gasteiger partial charge in [-0.05, 0) is 25.7 Å². The molecular formula is C14H23F3N2O2. The van der Waals surface area contributed by atoms with Crippen molar-refractivity contribution in [1.82, 2.24) is 10.2 Å². The third-order valence-electron chi connectivity index (χ3n) is 4.55. The van der Waals surface area contributed by atoms with E-state index in [9.17, 15) is 23.1 Å². The van der Waals surface area contributed by atoms with Crippen LogP contribution in [0.4, 0.5) is 13.2 Å². The third-order valence-corrected chi connectivity index (χ3v) is 4.55. The number of alkyl halides is 3. The summed E-state index contributed by atoms with van der Waals surface area (Å²) < 4.78 is 37.9. The highest BCUT2D eigenvalue weighted by Crippen LogP contribution is 2.32. The molecular weight excluding hydrogens is 285 g/mol. The van der Waals surface area contributed by atoms with Crippen LogP contribution in [0.25, 0.3) is 0 Å². The van der Waals surface area contributed by atoms with Crippen LogP contribution in [0.1, 0.15) is 38.5 Å². The van der Waals surface area contributed by atoms with Crippen LogP contribution in [0.5, 0.6) is 0 Å². The van der Waals surface area contributed by atoms with Gasteiger partial charge in [0, 0.05) is 13.1 Å². The van der Waals surface area contributed by atoms with Crippen LogP contribution < -0.4 is 5.32 Å². The van der Waals surface area contributed by atoms with E-state index in [0.29, 0.717) is 6.54 Å². The molecule has 0 bridgehead atoms. The summed E-state index contributed by atoms with van der Waals surface area (Å²) in [5.41, 5.74) is 0. The molecule has 3 atom stereocenters. The van der Waals surface area contributed by atoms with Gasteiger partial charge in [-0.15, -0.1) is 0 Å². The first-order valence-electron chi connectivity index (χ1n) is 7.65. The van der Waals surface area contributed by atoms with E-state index < -0.39 is 18.1 Å². The molecule has 4 nitrogen and oxygen atoms in total. The van der Waals surface area contributed by atoms with Crippen LogP contribution in [0.2, 0.25) is 0 Å². The van der Waals surface area contributed by atoms with Crippen molar-refractivity contribution in [3.05, 3.63) is 0 Å². The number of halogens is 3. The standard InChI is InChI=1S/C14H23F3N2O2/c15-14(16,17)10-5-6-12(18-8-10)13(21)19-7-3-1-2-4-11(19)9-20/h10-12,18,20H,1-9H2. The van der Waals surface area contributed by atoms with Gasteiger partial charge >= 0.3 is 6.18 Å². The molecule has 2 aliphatic heterocycles. The maximum atomic E-state index is 12.6. The Balaban J connectivity index is 1.94. The fourth-order valence-electron chi connectivity index (χ4n) is 3.20. The van der Waals surface area contributed by atoms with E-state index in [2.05, 4.69) is 5.32 Å². The highest BCUT2D eigenvalue weighted by atomic mass is 19.4. The predicted octanol–water partition coefficient (Wildman–Crippen LogP) is 1.68. The number of aliphatic hydroxyl groups is 1. The lowest BCUT2D eigenvalue weighted by molar-refractivity contribution is -0.181. The van der Waals surface area contributed by atoms with Crippen LogP contribution in [-0.2, 0) is 4.79 Å². The summed E-state index contributed by atoms with van der Waals surface area (Å²) in [6.07, 6.45) is -0.350. The lowest BCUT2D eigenvalue weighted by atomic mass is 9.93. The van der Waals surface area contributed by atoms with Crippen molar-refractivity contribution in [1.29, 1.82) is 0 Å². The lowest BCUT2D eigenvalue weighted by Crippen LogP contribution is -2.55. The number of aliphatic hydroxyl groups excluding tert-OH is 1. The first-order chi connectivity index (χ1) is 9.93. The number of likely N-dealkylation sites (tertiary alicyclic amines) is 1. The van der Waals surface area contributed by atoms with E-state index in [-0.39, 0.29) is 37.9 Å². The van der Waals surface area contributed by atoms with Gasteiger partial charge in [-0.25, -0.2) is 0 Å². The zero-order valence-corrected chi connectivity index (χ0v) is 12.0. The number of carbonyl (C=O) groups excluding carboxylic acids is 1. The molecule has 7 heteroatoms. The fourth-order valence-corrected chi connectivity index (χ4v) is 3.20. The number of hydrogen-bond acceptors (Lipinski definition) is 3. The minimum Gasteiger partial charge on any atom is -0.394 e. The minimum absolute atomic E-state index is 0.00939. The maximum absolute atomic E-state index is 12.6. The van der Waals surface area contributed by atoms with Gasteiger partial charge in [-0.1, -0.05) is 12.8 Å². The highest BCUT2D eigenvalue weighted by Gasteiger charge is 2.43. The zero-order chi connectivity index (χ0) is 15.5. The van der Waals surface area contributed by atoms with Gasteiger partial charge in [0.2, 0.25) is 5.91 Å². The Kier molecular flexibility index (Phi) is 5.48. The molecule has 2 N–H and O–H groups in total. The number of nitrogens with zero attached hydrogens (tertiary/aromatic N) is 1. The Morgan fingerprint density at radius 3 is 2.52 bits per heavy atom. The van der Waals surface area contributed by atoms with Crippen LogP contribution in [0, 0.1) is 5.92 Å². The number of rotatable bonds is 2. The number of amides is 1. The van der Waals surface area contributed by atoms with Crippen molar-refractivity contribution in [2.75, 3.05) is 19.7 Å². The molecule has 2 fully saturated rings. The normalized spacial score (nSPS) is 31.8. The molecule has 0 saturated carbocycles. The molecule has 2 saturated heterocycles. The van der Waals surface area contributed by atoms with Crippen LogP contribution in [-0.4, -0.2) is 53.9 Å². The molecule has 0 radical (unpaired) electrons. The van der Waals surface area contributed by atoms with Crippen molar-refractivity contribution in [3.8, 4) is 0 Å². The van der Waals surface area contributed by atoms with Crippen molar-refractivity contribution < 1.29 is 23.1 Å². The number of carbonyl (C=O) groups is 1. The second-order valence-electron chi connectivity index (χ2n) is 5.99. The second-order valence-corrected chi connectivity index (χ2v) is 5.99. The van der Waals surface area contributed by atoms with Gasteiger partial charge in [0.05, 0.1) is 24.6 Å². The molecule has 1 amide bonds. The summed E-state index contributed by atoms with van der Waals surface area (Å²) >= 11 is 0. The molecule has 0 spiro atoms. The third kappa shape index (κ3) is 4.10. The summed E-state index contributed by atoms with van der Waals surface area (Å²) in [4.78, 5) is 14.2. The first kappa shape index (κ1) is 16.5. The highest BCUT2D eigenvalue weighted by molar-refractivity contribution is 5.82. The van der Waals surface area contributed by atoms with E-state index in [0.717, 1.165) is 25.7 Å². The number of nitrogens with one attached hydrogen (secondary N) is 1. The predicted molar refractivity (Wildman–Crippen MR) is 71.6 cm³/mol. The summed E-state index contributed by atoms with van der Waals surface area (Å²) in [5, 5.41) is 12.2. The van der Waals surface area contributed by atoms with Gasteiger partial charge in [-0.2, -0.15) is 13.2 Å². The topological polar surface area (TPSA) is 52.6 Å². The molecule has 0 aromatic carbocycles. The monoisotopic (exact) mass is 308 g/mol. The molecule has 2 rings (SSSR count). The molecule has 122 valence electrons. The van der Waals surface area contributed by atoms with Crippen molar-refractivity contribution in [3.63, 3.8) is 0 Å². The molecule has 0 aliphatic carbocycles. The Labute approximate surface area is 122 Å². The van der Waals surface area contributed by atoms with E-state index in [1.54, 1.807) is 4.90 Å². The summed E-state index contributed by atoms with van der Waals surface area (Å²) in [6.45, 7) is 0.312. The summed E-state index contributed by atoms with van der Waals surface area (Å²) in [7, 11) is 0. The lowest BCUT2D eigenvalue weighted by Gasteiger charge is -2.36. The van der Waals surface area contributed by atoms with E-state index in [1.807, 2.05) is 0 Å². The Bertz CT molecular complexity index is 355. The van der Waals surface area contributed by atoms with E-state index in [4.69, 9.17) is 0 Å². The molecule has 2 aliphatic rings. The van der Waals surface area contributed by atoms with Gasteiger partial charge in [0.1, 0.15) is 0 Å². The number of hydrogen-bond donors (Lipinski definition) is 2. The SMILES string of the molecule is O=C(C1CCC(C(F)(F)F)CN1)N1CCCCCC1CO. The van der Waals surface area contributed by atoms with E-state index >= 15 is 0 Å². The minimum atomic E-state index is -4.20. The first-order valence-corrected chi connectivity index (χ1v) is 7.65.